The average Bonchev–Trinajstić information content (AvgIpc) is 2.86. The minimum Gasteiger partial charge on any atom is -0.327 e. The van der Waals surface area contributed by atoms with Crippen molar-refractivity contribution in [3.8, 4) is 0 Å². The van der Waals surface area contributed by atoms with E-state index in [1.54, 1.807) is 0 Å². The zero-order chi connectivity index (χ0) is 15.6. The Morgan fingerprint density at radius 1 is 1.24 bits per heavy atom. The molecule has 1 unspecified atom stereocenters. The standard InChI is InChI=1S/C18H33N3/c1-13(2)21-11-10-16(20-21)12-17(19)14-6-8-15(9-7-14)18(3,4)5/h10-11,13-15,17H,6-9,12,19H2,1-5H3. The molecule has 3 nitrogen and oxygen atoms in total. The molecule has 2 rings (SSSR count). The molecule has 1 saturated carbocycles. The van der Waals surface area contributed by atoms with Crippen LogP contribution in [-0.4, -0.2) is 15.8 Å². The van der Waals surface area contributed by atoms with Crippen molar-refractivity contribution in [1.82, 2.24) is 9.78 Å². The number of nitrogens with two attached hydrogens (primary N) is 1. The third-order valence-corrected chi connectivity index (χ3v) is 5.24. The third-order valence-electron chi connectivity index (χ3n) is 5.24. The van der Waals surface area contributed by atoms with E-state index in [1.165, 1.54) is 25.7 Å². The predicted octanol–water partition coefficient (Wildman–Crippen LogP) is 4.19. The monoisotopic (exact) mass is 291 g/mol. The number of rotatable bonds is 4. The smallest absolute Gasteiger partial charge is 0.0640 e. The Bertz CT molecular complexity index is 434. The van der Waals surface area contributed by atoms with Crippen LogP contribution in [0.3, 0.4) is 0 Å². The summed E-state index contributed by atoms with van der Waals surface area (Å²) in [6.07, 6.45) is 8.24. The quantitative estimate of drug-likeness (QED) is 0.904. The lowest BCUT2D eigenvalue weighted by atomic mass is 9.68. The van der Waals surface area contributed by atoms with Crippen molar-refractivity contribution in [3.63, 3.8) is 0 Å². The SMILES string of the molecule is CC(C)n1ccc(CC(N)C2CCC(C(C)(C)C)CC2)n1. The first-order chi connectivity index (χ1) is 9.77. The molecule has 0 aromatic carbocycles. The summed E-state index contributed by atoms with van der Waals surface area (Å²) in [5.41, 5.74) is 8.07. The topological polar surface area (TPSA) is 43.8 Å². The van der Waals surface area contributed by atoms with Gasteiger partial charge in [0, 0.05) is 24.7 Å². The zero-order valence-corrected chi connectivity index (χ0v) is 14.5. The Balaban J connectivity index is 1.85. The molecule has 1 aromatic rings. The lowest BCUT2D eigenvalue weighted by Gasteiger charge is -2.38. The maximum Gasteiger partial charge on any atom is 0.0640 e. The second-order valence-electron chi connectivity index (χ2n) is 8.23. The largest absolute Gasteiger partial charge is 0.327 e. The number of nitrogens with zero attached hydrogens (tertiary/aromatic N) is 2. The van der Waals surface area contributed by atoms with Gasteiger partial charge >= 0.3 is 0 Å². The van der Waals surface area contributed by atoms with Gasteiger partial charge in [0.25, 0.3) is 0 Å². The fourth-order valence-electron chi connectivity index (χ4n) is 3.60. The molecule has 0 spiro atoms. The zero-order valence-electron chi connectivity index (χ0n) is 14.5. The number of aromatic nitrogens is 2. The van der Waals surface area contributed by atoms with E-state index in [9.17, 15) is 0 Å². The fourth-order valence-corrected chi connectivity index (χ4v) is 3.60. The highest BCUT2D eigenvalue weighted by molar-refractivity contribution is 5.03. The molecule has 1 heterocycles. The molecule has 1 aromatic heterocycles. The molecule has 1 aliphatic carbocycles. The van der Waals surface area contributed by atoms with Crippen molar-refractivity contribution in [2.24, 2.45) is 23.0 Å². The second-order valence-corrected chi connectivity index (χ2v) is 8.23. The Morgan fingerprint density at radius 2 is 1.86 bits per heavy atom. The van der Waals surface area contributed by atoms with Crippen LogP contribution < -0.4 is 5.73 Å². The molecule has 1 atom stereocenters. The van der Waals surface area contributed by atoms with Gasteiger partial charge < -0.3 is 5.73 Å². The van der Waals surface area contributed by atoms with Crippen LogP contribution in [0.2, 0.25) is 0 Å². The van der Waals surface area contributed by atoms with E-state index in [1.807, 2.05) is 4.68 Å². The Labute approximate surface area is 130 Å². The van der Waals surface area contributed by atoms with Gasteiger partial charge in [0.05, 0.1) is 5.69 Å². The van der Waals surface area contributed by atoms with Crippen LogP contribution in [-0.2, 0) is 6.42 Å². The van der Waals surface area contributed by atoms with Crippen molar-refractivity contribution in [2.45, 2.75) is 78.8 Å². The normalized spacial score (nSPS) is 25.3. The summed E-state index contributed by atoms with van der Waals surface area (Å²) in [5.74, 6) is 1.54. The summed E-state index contributed by atoms with van der Waals surface area (Å²) in [6, 6.07) is 2.82. The molecule has 0 saturated heterocycles. The van der Waals surface area contributed by atoms with Crippen molar-refractivity contribution >= 4 is 0 Å². The van der Waals surface area contributed by atoms with Crippen molar-refractivity contribution in [2.75, 3.05) is 0 Å². The summed E-state index contributed by atoms with van der Waals surface area (Å²) in [4.78, 5) is 0. The average molecular weight is 291 g/mol. The highest BCUT2D eigenvalue weighted by Crippen LogP contribution is 2.40. The molecule has 0 radical (unpaired) electrons. The molecule has 3 heteroatoms. The minimum atomic E-state index is 0.265. The Hall–Kier alpha value is -0.830. The molecular formula is C18H33N3. The molecule has 120 valence electrons. The third kappa shape index (κ3) is 4.32. The van der Waals surface area contributed by atoms with Crippen molar-refractivity contribution in [1.29, 1.82) is 0 Å². The van der Waals surface area contributed by atoms with E-state index < -0.39 is 0 Å². The number of hydrogen-bond acceptors (Lipinski definition) is 2. The van der Waals surface area contributed by atoms with Crippen LogP contribution in [0.15, 0.2) is 12.3 Å². The Kier molecular flexibility index (Phi) is 5.13. The van der Waals surface area contributed by atoms with E-state index >= 15 is 0 Å². The highest BCUT2D eigenvalue weighted by Gasteiger charge is 2.31. The first-order valence-corrected chi connectivity index (χ1v) is 8.57. The summed E-state index contributed by atoms with van der Waals surface area (Å²) < 4.78 is 2.03. The van der Waals surface area contributed by atoms with Gasteiger partial charge in [0.15, 0.2) is 0 Å². The van der Waals surface area contributed by atoms with Gasteiger partial charge in [0.2, 0.25) is 0 Å². The van der Waals surface area contributed by atoms with Crippen LogP contribution in [0.5, 0.6) is 0 Å². The van der Waals surface area contributed by atoms with Gasteiger partial charge in [-0.05, 0) is 62.8 Å². The van der Waals surface area contributed by atoms with Gasteiger partial charge in [-0.3, -0.25) is 4.68 Å². The van der Waals surface area contributed by atoms with Crippen LogP contribution in [0.1, 0.15) is 72.0 Å². The van der Waals surface area contributed by atoms with E-state index in [0.717, 1.165) is 18.0 Å². The predicted molar refractivity (Wildman–Crippen MR) is 89.2 cm³/mol. The molecule has 1 fully saturated rings. The number of hydrogen-bond donors (Lipinski definition) is 1. The summed E-state index contributed by atoms with van der Waals surface area (Å²) >= 11 is 0. The van der Waals surface area contributed by atoms with Crippen LogP contribution in [0.25, 0.3) is 0 Å². The minimum absolute atomic E-state index is 0.265. The summed E-state index contributed by atoms with van der Waals surface area (Å²) in [7, 11) is 0. The fraction of sp³-hybridized carbons (Fsp3) is 0.833. The maximum absolute atomic E-state index is 6.47. The molecule has 1 aliphatic rings. The van der Waals surface area contributed by atoms with Crippen LogP contribution >= 0.6 is 0 Å². The molecule has 0 aliphatic heterocycles. The van der Waals surface area contributed by atoms with Gasteiger partial charge in [-0.25, -0.2) is 0 Å². The summed E-state index contributed by atoms with van der Waals surface area (Å²) in [6.45, 7) is 11.4. The molecule has 0 bridgehead atoms. The molecule has 2 N–H and O–H groups in total. The molecule has 21 heavy (non-hydrogen) atoms. The van der Waals surface area contributed by atoms with E-state index in [-0.39, 0.29) is 6.04 Å². The lowest BCUT2D eigenvalue weighted by molar-refractivity contribution is 0.139. The maximum atomic E-state index is 6.47. The van der Waals surface area contributed by atoms with E-state index in [0.29, 0.717) is 17.4 Å². The van der Waals surface area contributed by atoms with Crippen LogP contribution in [0.4, 0.5) is 0 Å². The van der Waals surface area contributed by atoms with Gasteiger partial charge in [-0.15, -0.1) is 0 Å². The van der Waals surface area contributed by atoms with Crippen molar-refractivity contribution in [3.05, 3.63) is 18.0 Å². The second kappa shape index (κ2) is 6.51. The van der Waals surface area contributed by atoms with Crippen LogP contribution in [0, 0.1) is 17.3 Å². The lowest BCUT2D eigenvalue weighted by Crippen LogP contribution is -2.37. The molecule has 0 amide bonds. The van der Waals surface area contributed by atoms with Crippen molar-refractivity contribution < 1.29 is 0 Å². The first-order valence-electron chi connectivity index (χ1n) is 8.57. The van der Waals surface area contributed by atoms with Gasteiger partial charge in [-0.1, -0.05) is 20.8 Å². The molecular weight excluding hydrogens is 258 g/mol. The Morgan fingerprint density at radius 3 is 2.33 bits per heavy atom. The van der Waals surface area contributed by atoms with E-state index in [4.69, 9.17) is 5.73 Å². The summed E-state index contributed by atoms with van der Waals surface area (Å²) in [5, 5.41) is 4.64. The van der Waals surface area contributed by atoms with Gasteiger partial charge in [-0.2, -0.15) is 5.10 Å². The highest BCUT2D eigenvalue weighted by atomic mass is 15.3. The first kappa shape index (κ1) is 16.5. The van der Waals surface area contributed by atoms with Gasteiger partial charge in [0.1, 0.15) is 0 Å². The van der Waals surface area contributed by atoms with E-state index in [2.05, 4.69) is 52.0 Å².